The van der Waals surface area contributed by atoms with Crippen molar-refractivity contribution in [3.63, 3.8) is 0 Å². The van der Waals surface area contributed by atoms with Gasteiger partial charge in [-0.1, -0.05) is 48.5 Å². The summed E-state index contributed by atoms with van der Waals surface area (Å²) in [5.74, 6) is 1.40. The molecule has 3 heteroatoms. The number of rotatable bonds is 2. The van der Waals surface area contributed by atoms with Crippen LogP contribution in [-0.4, -0.2) is 5.97 Å². The van der Waals surface area contributed by atoms with Crippen molar-refractivity contribution in [2.45, 2.75) is 31.2 Å². The first-order valence-corrected chi connectivity index (χ1v) is 8.90. The normalized spacial score (nSPS) is 32.8. The zero-order valence-corrected chi connectivity index (χ0v) is 13.4. The molecule has 1 heterocycles. The number of carboxylic acid groups (broad SMARTS) is 1. The Bertz CT molecular complexity index is 801. The number of nitrogens with one attached hydrogen (secondary N) is 1. The summed E-state index contributed by atoms with van der Waals surface area (Å²) < 4.78 is 0. The fourth-order valence-corrected chi connectivity index (χ4v) is 5.67. The molecule has 2 saturated carbocycles. The molecule has 1 N–H and O–H groups in total. The smallest absolute Gasteiger partial charge is 0.0736 e. The van der Waals surface area contributed by atoms with Crippen LogP contribution in [0, 0.1) is 17.8 Å². The van der Waals surface area contributed by atoms with Crippen LogP contribution in [0.1, 0.15) is 52.7 Å². The van der Waals surface area contributed by atoms with Gasteiger partial charge in [0.1, 0.15) is 0 Å². The van der Waals surface area contributed by atoms with Crippen LogP contribution in [0.3, 0.4) is 0 Å². The quantitative estimate of drug-likeness (QED) is 0.924. The first-order chi connectivity index (χ1) is 11.7. The van der Waals surface area contributed by atoms with E-state index < -0.39 is 5.97 Å². The highest BCUT2D eigenvalue weighted by atomic mass is 16.4. The fraction of sp³-hybridized carbons (Fsp3) is 0.381. The van der Waals surface area contributed by atoms with E-state index in [0.29, 0.717) is 23.3 Å². The van der Waals surface area contributed by atoms with Crippen LogP contribution in [0.15, 0.2) is 48.5 Å². The number of hydrogen-bond donors (Lipinski definition) is 1. The molecular formula is C21H20NO2-. The highest BCUT2D eigenvalue weighted by Gasteiger charge is 2.53. The van der Waals surface area contributed by atoms with Crippen LogP contribution >= 0.6 is 0 Å². The topological polar surface area (TPSA) is 52.2 Å². The Morgan fingerprint density at radius 2 is 1.79 bits per heavy atom. The van der Waals surface area contributed by atoms with Gasteiger partial charge in [-0.25, -0.2) is 0 Å². The van der Waals surface area contributed by atoms with E-state index in [9.17, 15) is 9.90 Å². The van der Waals surface area contributed by atoms with Crippen molar-refractivity contribution in [1.82, 2.24) is 0 Å². The Hall–Kier alpha value is -2.29. The van der Waals surface area contributed by atoms with Gasteiger partial charge >= 0.3 is 0 Å². The van der Waals surface area contributed by atoms with Gasteiger partial charge in [0.2, 0.25) is 0 Å². The summed E-state index contributed by atoms with van der Waals surface area (Å²) in [6, 6.07) is 16.3. The molecular weight excluding hydrogens is 298 g/mol. The third kappa shape index (κ3) is 1.87. The Labute approximate surface area is 141 Å². The molecule has 0 spiro atoms. The standard InChI is InChI=1S/C21H21NO2/c23-21(24)16-8-4-7-15-17-13-9-10-14(11-13)18(17)19(22-20(15)16)12-5-2-1-3-6-12/h1-8,13-14,17-19,22H,9-11H2,(H,23,24)/p-1/t13-,14+,17+,18+,19-/m0/s1. The fourth-order valence-electron chi connectivity index (χ4n) is 5.67. The zero-order valence-electron chi connectivity index (χ0n) is 13.4. The SMILES string of the molecule is O=C([O-])c1cccc2c1N[C@@H](c1ccccc1)[C@@H]1[C@@H]3CC[C@@H](C3)[C@H]21. The Morgan fingerprint density at radius 1 is 1.00 bits per heavy atom. The van der Waals surface area contributed by atoms with Gasteiger partial charge in [-0.05, 0) is 54.1 Å². The second kappa shape index (κ2) is 5.10. The number of para-hydroxylation sites is 1. The minimum Gasteiger partial charge on any atom is -0.545 e. The summed E-state index contributed by atoms with van der Waals surface area (Å²) in [5, 5.41) is 15.2. The lowest BCUT2D eigenvalue weighted by atomic mass is 9.67. The molecule has 122 valence electrons. The van der Waals surface area contributed by atoms with Gasteiger partial charge in [-0.15, -0.1) is 0 Å². The molecule has 2 fully saturated rings. The number of hydrogen-bond acceptors (Lipinski definition) is 3. The summed E-state index contributed by atoms with van der Waals surface area (Å²) >= 11 is 0. The lowest BCUT2D eigenvalue weighted by Crippen LogP contribution is -2.37. The van der Waals surface area contributed by atoms with E-state index in [2.05, 4.69) is 35.6 Å². The Kier molecular flexibility index (Phi) is 2.99. The number of carbonyl (C=O) groups excluding carboxylic acids is 1. The van der Waals surface area contributed by atoms with Crippen LogP contribution < -0.4 is 10.4 Å². The summed E-state index contributed by atoms with van der Waals surface area (Å²) in [5.41, 5.74) is 3.55. The molecule has 0 saturated heterocycles. The predicted molar refractivity (Wildman–Crippen MR) is 90.6 cm³/mol. The highest BCUT2D eigenvalue weighted by Crippen LogP contribution is 2.63. The molecule has 0 amide bonds. The number of carboxylic acids is 1. The average Bonchev–Trinajstić information content (AvgIpc) is 3.23. The summed E-state index contributed by atoms with van der Waals surface area (Å²) in [6.07, 6.45) is 3.88. The van der Waals surface area contributed by atoms with Gasteiger partial charge in [0.05, 0.1) is 12.0 Å². The zero-order chi connectivity index (χ0) is 16.3. The number of benzene rings is 2. The van der Waals surface area contributed by atoms with Crippen molar-refractivity contribution in [3.8, 4) is 0 Å². The molecule has 2 aromatic carbocycles. The van der Waals surface area contributed by atoms with Crippen molar-refractivity contribution >= 4 is 11.7 Å². The molecule has 3 nitrogen and oxygen atoms in total. The summed E-state index contributed by atoms with van der Waals surface area (Å²) in [4.78, 5) is 11.6. The van der Waals surface area contributed by atoms with Crippen LogP contribution in [0.5, 0.6) is 0 Å². The van der Waals surface area contributed by atoms with Crippen molar-refractivity contribution in [2.75, 3.05) is 5.32 Å². The maximum absolute atomic E-state index is 11.6. The summed E-state index contributed by atoms with van der Waals surface area (Å²) in [6.45, 7) is 0. The van der Waals surface area contributed by atoms with E-state index in [0.717, 1.165) is 11.6 Å². The van der Waals surface area contributed by atoms with Crippen molar-refractivity contribution in [2.24, 2.45) is 17.8 Å². The van der Waals surface area contributed by atoms with E-state index in [1.54, 1.807) is 6.07 Å². The van der Waals surface area contributed by atoms with Crippen molar-refractivity contribution in [1.29, 1.82) is 0 Å². The highest BCUT2D eigenvalue weighted by molar-refractivity contribution is 5.94. The van der Waals surface area contributed by atoms with Crippen LogP contribution in [0.2, 0.25) is 0 Å². The maximum Gasteiger partial charge on any atom is 0.0736 e. The number of aromatic carboxylic acids is 1. The number of anilines is 1. The first kappa shape index (κ1) is 14.1. The van der Waals surface area contributed by atoms with Gasteiger partial charge < -0.3 is 15.2 Å². The van der Waals surface area contributed by atoms with E-state index in [1.807, 2.05) is 12.1 Å². The average molecular weight is 318 g/mol. The van der Waals surface area contributed by atoms with Gasteiger partial charge in [-0.2, -0.15) is 0 Å². The van der Waals surface area contributed by atoms with E-state index in [4.69, 9.17) is 0 Å². The van der Waals surface area contributed by atoms with Gasteiger partial charge in [0.25, 0.3) is 0 Å². The molecule has 5 rings (SSSR count). The third-order valence-corrected chi connectivity index (χ3v) is 6.50. The monoisotopic (exact) mass is 318 g/mol. The molecule has 3 aliphatic rings. The van der Waals surface area contributed by atoms with E-state index in [-0.39, 0.29) is 6.04 Å². The Balaban J connectivity index is 1.69. The van der Waals surface area contributed by atoms with Crippen molar-refractivity contribution in [3.05, 3.63) is 65.2 Å². The van der Waals surface area contributed by atoms with Crippen LogP contribution in [-0.2, 0) is 0 Å². The molecule has 24 heavy (non-hydrogen) atoms. The lowest BCUT2D eigenvalue weighted by molar-refractivity contribution is -0.254. The minimum absolute atomic E-state index is 0.194. The Morgan fingerprint density at radius 3 is 2.58 bits per heavy atom. The molecule has 5 atom stereocenters. The maximum atomic E-state index is 11.6. The van der Waals surface area contributed by atoms with E-state index in [1.165, 1.54) is 30.4 Å². The number of carbonyl (C=O) groups is 1. The molecule has 2 bridgehead atoms. The third-order valence-electron chi connectivity index (χ3n) is 6.50. The van der Waals surface area contributed by atoms with Gasteiger partial charge in [-0.3, -0.25) is 0 Å². The van der Waals surface area contributed by atoms with E-state index >= 15 is 0 Å². The molecule has 0 radical (unpaired) electrons. The largest absolute Gasteiger partial charge is 0.545 e. The molecule has 2 aliphatic carbocycles. The van der Waals surface area contributed by atoms with Gasteiger partial charge in [0.15, 0.2) is 0 Å². The predicted octanol–water partition coefficient (Wildman–Crippen LogP) is 3.35. The van der Waals surface area contributed by atoms with Crippen LogP contribution in [0.4, 0.5) is 5.69 Å². The second-order valence-corrected chi connectivity index (χ2v) is 7.53. The van der Waals surface area contributed by atoms with Gasteiger partial charge in [0, 0.05) is 11.3 Å². The van der Waals surface area contributed by atoms with Crippen molar-refractivity contribution < 1.29 is 9.90 Å². The van der Waals surface area contributed by atoms with Crippen LogP contribution in [0.25, 0.3) is 0 Å². The lowest BCUT2D eigenvalue weighted by Gasteiger charge is -2.44. The second-order valence-electron chi connectivity index (χ2n) is 7.53. The minimum atomic E-state index is -1.09. The molecule has 1 aliphatic heterocycles. The molecule has 0 aromatic heterocycles. The first-order valence-electron chi connectivity index (χ1n) is 8.90. The summed E-state index contributed by atoms with van der Waals surface area (Å²) in [7, 11) is 0. The molecule has 2 aromatic rings. The number of fused-ring (bicyclic) bond motifs is 7. The molecule has 0 unspecified atom stereocenters.